The third kappa shape index (κ3) is 2.42. The van der Waals surface area contributed by atoms with Gasteiger partial charge in [0.25, 0.3) is 0 Å². The fraction of sp³-hybridized carbons (Fsp3) is 0.500. The standard InChI is InChI=1S/C10H12O3/c11-5-9-3-4-10(13-9)7-12-6-8-1-2-8/h3-5,8H,1-2,6-7H2. The van der Waals surface area contributed by atoms with Crippen molar-refractivity contribution in [2.75, 3.05) is 6.61 Å². The van der Waals surface area contributed by atoms with Gasteiger partial charge in [0.2, 0.25) is 0 Å². The third-order valence-electron chi connectivity index (χ3n) is 2.09. The zero-order valence-electron chi connectivity index (χ0n) is 7.36. The summed E-state index contributed by atoms with van der Waals surface area (Å²) >= 11 is 0. The summed E-state index contributed by atoms with van der Waals surface area (Å²) in [6.45, 7) is 1.29. The van der Waals surface area contributed by atoms with E-state index in [-0.39, 0.29) is 0 Å². The molecule has 3 heteroatoms. The molecule has 0 atom stereocenters. The number of furan rings is 1. The lowest BCUT2D eigenvalue weighted by Gasteiger charge is -1.98. The highest BCUT2D eigenvalue weighted by Crippen LogP contribution is 2.29. The van der Waals surface area contributed by atoms with Gasteiger partial charge in [0.1, 0.15) is 12.4 Å². The second-order valence-corrected chi connectivity index (χ2v) is 3.38. The molecule has 0 N–H and O–H groups in total. The molecule has 0 amide bonds. The number of carbonyl (C=O) groups is 1. The van der Waals surface area contributed by atoms with E-state index in [0.717, 1.165) is 18.3 Å². The summed E-state index contributed by atoms with van der Waals surface area (Å²) in [6.07, 6.45) is 3.28. The van der Waals surface area contributed by atoms with Gasteiger partial charge < -0.3 is 9.15 Å². The zero-order valence-corrected chi connectivity index (χ0v) is 7.36. The van der Waals surface area contributed by atoms with Crippen molar-refractivity contribution in [2.45, 2.75) is 19.4 Å². The van der Waals surface area contributed by atoms with E-state index in [1.807, 2.05) is 0 Å². The van der Waals surface area contributed by atoms with Crippen molar-refractivity contribution in [2.24, 2.45) is 5.92 Å². The highest BCUT2D eigenvalue weighted by molar-refractivity contribution is 5.70. The molecule has 1 aliphatic carbocycles. The van der Waals surface area contributed by atoms with E-state index in [2.05, 4.69) is 0 Å². The Morgan fingerprint density at radius 2 is 2.38 bits per heavy atom. The molecule has 1 aliphatic rings. The highest BCUT2D eigenvalue weighted by Gasteiger charge is 2.21. The summed E-state index contributed by atoms with van der Waals surface area (Å²) in [4.78, 5) is 10.3. The van der Waals surface area contributed by atoms with Crippen LogP contribution in [0, 0.1) is 5.92 Å². The highest BCUT2D eigenvalue weighted by atomic mass is 16.5. The van der Waals surface area contributed by atoms with E-state index in [1.165, 1.54) is 12.8 Å². The first-order valence-electron chi connectivity index (χ1n) is 4.50. The van der Waals surface area contributed by atoms with Gasteiger partial charge >= 0.3 is 0 Å². The van der Waals surface area contributed by atoms with Crippen LogP contribution in [0.15, 0.2) is 16.5 Å². The van der Waals surface area contributed by atoms with Crippen LogP contribution in [0.2, 0.25) is 0 Å². The van der Waals surface area contributed by atoms with Crippen LogP contribution in [0.3, 0.4) is 0 Å². The molecule has 0 bridgehead atoms. The Kier molecular flexibility index (Phi) is 2.45. The molecule has 3 nitrogen and oxygen atoms in total. The van der Waals surface area contributed by atoms with Gasteiger partial charge in [-0.2, -0.15) is 0 Å². The first kappa shape index (κ1) is 8.51. The SMILES string of the molecule is O=Cc1ccc(COCC2CC2)o1. The molecule has 0 saturated heterocycles. The van der Waals surface area contributed by atoms with Crippen LogP contribution in [0.1, 0.15) is 29.2 Å². The molecule has 1 aromatic heterocycles. The second kappa shape index (κ2) is 3.75. The molecule has 0 aliphatic heterocycles. The summed E-state index contributed by atoms with van der Waals surface area (Å²) in [7, 11) is 0. The van der Waals surface area contributed by atoms with E-state index in [1.54, 1.807) is 12.1 Å². The van der Waals surface area contributed by atoms with Crippen molar-refractivity contribution >= 4 is 6.29 Å². The van der Waals surface area contributed by atoms with E-state index in [0.29, 0.717) is 18.7 Å². The van der Waals surface area contributed by atoms with Crippen LogP contribution < -0.4 is 0 Å². The first-order chi connectivity index (χ1) is 6.38. The van der Waals surface area contributed by atoms with Gasteiger partial charge in [-0.25, -0.2) is 0 Å². The lowest BCUT2D eigenvalue weighted by atomic mass is 10.4. The van der Waals surface area contributed by atoms with Crippen molar-refractivity contribution in [3.8, 4) is 0 Å². The van der Waals surface area contributed by atoms with Crippen LogP contribution in [0.5, 0.6) is 0 Å². The Bertz CT molecular complexity index is 286. The minimum atomic E-state index is 0.366. The Balaban J connectivity index is 1.75. The van der Waals surface area contributed by atoms with Crippen LogP contribution in [-0.2, 0) is 11.3 Å². The van der Waals surface area contributed by atoms with E-state index < -0.39 is 0 Å². The summed E-state index contributed by atoms with van der Waals surface area (Å²) < 4.78 is 10.5. The molecule has 1 fully saturated rings. The summed E-state index contributed by atoms with van der Waals surface area (Å²) in [5.74, 6) is 1.85. The topological polar surface area (TPSA) is 39.4 Å². The third-order valence-corrected chi connectivity index (χ3v) is 2.09. The van der Waals surface area contributed by atoms with Crippen molar-refractivity contribution in [3.63, 3.8) is 0 Å². The number of ether oxygens (including phenoxy) is 1. The zero-order chi connectivity index (χ0) is 9.10. The molecule has 1 aromatic rings. The molecular formula is C10H12O3. The van der Waals surface area contributed by atoms with Crippen LogP contribution in [-0.4, -0.2) is 12.9 Å². The number of hydrogen-bond acceptors (Lipinski definition) is 3. The monoisotopic (exact) mass is 180 g/mol. The summed E-state index contributed by atoms with van der Waals surface area (Å²) in [5, 5.41) is 0. The molecule has 70 valence electrons. The largest absolute Gasteiger partial charge is 0.456 e. The molecule has 0 radical (unpaired) electrons. The Hall–Kier alpha value is -1.09. The molecule has 0 aromatic carbocycles. The summed E-state index contributed by atoms with van der Waals surface area (Å²) in [5.41, 5.74) is 0. The second-order valence-electron chi connectivity index (χ2n) is 3.38. The van der Waals surface area contributed by atoms with Gasteiger partial charge in [-0.05, 0) is 30.9 Å². The number of carbonyl (C=O) groups excluding carboxylic acids is 1. The minimum Gasteiger partial charge on any atom is -0.456 e. The molecular weight excluding hydrogens is 168 g/mol. The van der Waals surface area contributed by atoms with E-state index >= 15 is 0 Å². The summed E-state index contributed by atoms with van der Waals surface area (Å²) in [6, 6.07) is 3.43. The van der Waals surface area contributed by atoms with Crippen molar-refractivity contribution < 1.29 is 13.9 Å². The molecule has 1 saturated carbocycles. The maximum absolute atomic E-state index is 10.3. The Morgan fingerprint density at radius 1 is 1.54 bits per heavy atom. The van der Waals surface area contributed by atoms with Gasteiger partial charge in [0.05, 0.1) is 0 Å². The van der Waals surface area contributed by atoms with Gasteiger partial charge in [-0.1, -0.05) is 0 Å². The normalized spacial score (nSPS) is 16.0. The average molecular weight is 180 g/mol. The maximum Gasteiger partial charge on any atom is 0.185 e. The van der Waals surface area contributed by atoms with Crippen LogP contribution >= 0.6 is 0 Å². The molecule has 0 spiro atoms. The lowest BCUT2D eigenvalue weighted by molar-refractivity contribution is 0.0946. The van der Waals surface area contributed by atoms with E-state index in [4.69, 9.17) is 9.15 Å². The Labute approximate surface area is 76.7 Å². The Morgan fingerprint density at radius 3 is 3.00 bits per heavy atom. The quantitative estimate of drug-likeness (QED) is 0.651. The van der Waals surface area contributed by atoms with Crippen molar-refractivity contribution in [1.82, 2.24) is 0 Å². The van der Waals surface area contributed by atoms with Crippen LogP contribution in [0.4, 0.5) is 0 Å². The first-order valence-corrected chi connectivity index (χ1v) is 4.50. The van der Waals surface area contributed by atoms with Gasteiger partial charge in [0, 0.05) is 6.61 Å². The number of aldehydes is 1. The molecule has 0 unspecified atom stereocenters. The molecule has 1 heterocycles. The van der Waals surface area contributed by atoms with E-state index in [9.17, 15) is 4.79 Å². The fourth-order valence-electron chi connectivity index (χ4n) is 1.15. The fourth-order valence-corrected chi connectivity index (χ4v) is 1.15. The number of hydrogen-bond donors (Lipinski definition) is 0. The molecule has 2 rings (SSSR count). The lowest BCUT2D eigenvalue weighted by Crippen LogP contribution is -1.95. The average Bonchev–Trinajstić information content (AvgIpc) is 2.84. The van der Waals surface area contributed by atoms with Crippen molar-refractivity contribution in [3.05, 3.63) is 23.7 Å². The minimum absolute atomic E-state index is 0.366. The predicted octanol–water partition coefficient (Wildman–Crippen LogP) is 2.02. The molecule has 13 heavy (non-hydrogen) atoms. The predicted molar refractivity (Wildman–Crippen MR) is 46.5 cm³/mol. The van der Waals surface area contributed by atoms with Crippen molar-refractivity contribution in [1.29, 1.82) is 0 Å². The number of rotatable bonds is 5. The van der Waals surface area contributed by atoms with Gasteiger partial charge in [-0.3, -0.25) is 4.79 Å². The maximum atomic E-state index is 10.3. The van der Waals surface area contributed by atoms with Gasteiger partial charge in [-0.15, -0.1) is 0 Å². The van der Waals surface area contributed by atoms with Gasteiger partial charge in [0.15, 0.2) is 12.0 Å². The smallest absolute Gasteiger partial charge is 0.185 e. The van der Waals surface area contributed by atoms with Crippen LogP contribution in [0.25, 0.3) is 0 Å².